The minimum atomic E-state index is -0.131. The predicted molar refractivity (Wildman–Crippen MR) is 68.3 cm³/mol. The molecule has 0 aliphatic rings. The van der Waals surface area contributed by atoms with Crippen LogP contribution < -0.4 is 10.1 Å². The normalized spacial score (nSPS) is 9.80. The summed E-state index contributed by atoms with van der Waals surface area (Å²) in [5.41, 5.74) is 0. The molecule has 1 amide bonds. The van der Waals surface area contributed by atoms with E-state index in [1.54, 1.807) is 12.1 Å². The Bertz CT molecular complexity index is 357. The van der Waals surface area contributed by atoms with Gasteiger partial charge >= 0.3 is 0 Å². The van der Waals surface area contributed by atoms with Crippen molar-refractivity contribution in [2.24, 2.45) is 0 Å². The molecule has 0 saturated heterocycles. The highest BCUT2D eigenvalue weighted by atomic mass is 127. The molecule has 1 aromatic carbocycles. The average Bonchev–Trinajstić information content (AvgIpc) is 2.20. The van der Waals surface area contributed by atoms with Crippen molar-refractivity contribution >= 4 is 40.1 Å². The first-order valence-corrected chi connectivity index (χ1v) is 5.93. The zero-order chi connectivity index (χ0) is 11.3. The largest absolute Gasteiger partial charge is 0.483 e. The topological polar surface area (TPSA) is 38.3 Å². The van der Waals surface area contributed by atoms with Crippen LogP contribution in [0.25, 0.3) is 0 Å². The van der Waals surface area contributed by atoms with Gasteiger partial charge in [-0.3, -0.25) is 4.79 Å². The van der Waals surface area contributed by atoms with Crippen molar-refractivity contribution in [1.29, 1.82) is 0 Å². The highest BCUT2D eigenvalue weighted by molar-refractivity contribution is 14.1. The van der Waals surface area contributed by atoms with Gasteiger partial charge in [0.05, 0.1) is 3.57 Å². The molecule has 1 N–H and O–H groups in total. The van der Waals surface area contributed by atoms with Crippen LogP contribution in [0.2, 0.25) is 5.02 Å². The summed E-state index contributed by atoms with van der Waals surface area (Å²) in [6.07, 6.45) is 0. The van der Waals surface area contributed by atoms with Gasteiger partial charge in [0.15, 0.2) is 6.61 Å². The summed E-state index contributed by atoms with van der Waals surface area (Å²) in [4.78, 5) is 11.1. The number of ether oxygens (including phenoxy) is 1. The molecule has 0 atom stereocenters. The highest BCUT2D eigenvalue weighted by Gasteiger charge is 2.05. The Labute approximate surface area is 107 Å². The first-order valence-electron chi connectivity index (χ1n) is 4.48. The van der Waals surface area contributed by atoms with Gasteiger partial charge in [-0.15, -0.1) is 0 Å². The molecular weight excluding hydrogens is 328 g/mol. The third-order valence-corrected chi connectivity index (χ3v) is 2.75. The smallest absolute Gasteiger partial charge is 0.257 e. The average molecular weight is 340 g/mol. The van der Waals surface area contributed by atoms with E-state index < -0.39 is 0 Å². The monoisotopic (exact) mass is 339 g/mol. The number of hydrogen-bond acceptors (Lipinski definition) is 2. The van der Waals surface area contributed by atoms with Crippen LogP contribution in [-0.2, 0) is 4.79 Å². The van der Waals surface area contributed by atoms with Gasteiger partial charge in [-0.05, 0) is 47.7 Å². The van der Waals surface area contributed by atoms with E-state index in [2.05, 4.69) is 27.9 Å². The van der Waals surface area contributed by atoms with Crippen molar-refractivity contribution < 1.29 is 9.53 Å². The van der Waals surface area contributed by atoms with Crippen LogP contribution in [0.3, 0.4) is 0 Å². The van der Waals surface area contributed by atoms with E-state index in [0.29, 0.717) is 17.3 Å². The molecule has 0 saturated carbocycles. The molecule has 0 aliphatic heterocycles. The second-order valence-corrected chi connectivity index (χ2v) is 4.42. The van der Waals surface area contributed by atoms with Crippen LogP contribution in [0.15, 0.2) is 18.2 Å². The Morgan fingerprint density at radius 2 is 2.33 bits per heavy atom. The lowest BCUT2D eigenvalue weighted by Gasteiger charge is -2.08. The van der Waals surface area contributed by atoms with E-state index in [1.807, 2.05) is 13.0 Å². The molecule has 0 unspecified atom stereocenters. The molecule has 0 aromatic heterocycles. The fraction of sp³-hybridized carbons (Fsp3) is 0.300. The lowest BCUT2D eigenvalue weighted by molar-refractivity contribution is -0.122. The molecule has 3 nitrogen and oxygen atoms in total. The quantitative estimate of drug-likeness (QED) is 0.856. The van der Waals surface area contributed by atoms with Crippen molar-refractivity contribution in [3.05, 3.63) is 26.8 Å². The van der Waals surface area contributed by atoms with Crippen molar-refractivity contribution in [3.63, 3.8) is 0 Å². The summed E-state index contributed by atoms with van der Waals surface area (Å²) in [5.74, 6) is 0.502. The predicted octanol–water partition coefficient (Wildman–Crippen LogP) is 2.46. The first-order chi connectivity index (χ1) is 7.13. The van der Waals surface area contributed by atoms with Crippen LogP contribution >= 0.6 is 34.2 Å². The van der Waals surface area contributed by atoms with E-state index in [0.717, 1.165) is 3.57 Å². The molecule has 1 rings (SSSR count). The maximum atomic E-state index is 11.1. The first kappa shape index (κ1) is 12.6. The molecule has 0 bridgehead atoms. The Kier molecular flexibility index (Phi) is 5.17. The number of rotatable bonds is 4. The molecule has 0 spiro atoms. The summed E-state index contributed by atoms with van der Waals surface area (Å²) in [6.45, 7) is 2.49. The lowest BCUT2D eigenvalue weighted by atomic mass is 10.3. The molecule has 0 aliphatic carbocycles. The summed E-state index contributed by atoms with van der Waals surface area (Å²) < 4.78 is 6.26. The number of likely N-dealkylation sites (N-methyl/N-ethyl adjacent to an activating group) is 1. The molecule has 5 heteroatoms. The molecule has 82 valence electrons. The maximum absolute atomic E-state index is 11.1. The Hall–Kier alpha value is -0.490. The second kappa shape index (κ2) is 6.17. The van der Waals surface area contributed by atoms with E-state index >= 15 is 0 Å². The summed E-state index contributed by atoms with van der Waals surface area (Å²) in [5, 5.41) is 3.25. The van der Waals surface area contributed by atoms with E-state index in [4.69, 9.17) is 16.3 Å². The van der Waals surface area contributed by atoms with Gasteiger partial charge in [-0.2, -0.15) is 0 Å². The fourth-order valence-corrected chi connectivity index (χ4v) is 1.63. The second-order valence-electron chi connectivity index (χ2n) is 2.82. The number of carbonyl (C=O) groups is 1. The summed E-state index contributed by atoms with van der Waals surface area (Å²) >= 11 is 7.94. The van der Waals surface area contributed by atoms with Crippen LogP contribution in [0.1, 0.15) is 6.92 Å². The standard InChI is InChI=1S/C10H11ClINO2/c1-2-13-10(14)6-15-9-5-7(11)3-4-8(9)12/h3-5H,2,6H2,1H3,(H,13,14). The number of carbonyl (C=O) groups excluding carboxylic acids is 1. The molecule has 0 heterocycles. The molecule has 0 radical (unpaired) electrons. The minimum Gasteiger partial charge on any atom is -0.483 e. The van der Waals surface area contributed by atoms with Gasteiger partial charge in [-0.1, -0.05) is 11.6 Å². The number of benzene rings is 1. The van der Waals surface area contributed by atoms with Gasteiger partial charge in [0.25, 0.3) is 5.91 Å². The lowest BCUT2D eigenvalue weighted by Crippen LogP contribution is -2.28. The van der Waals surface area contributed by atoms with Crippen molar-refractivity contribution in [2.75, 3.05) is 13.2 Å². The summed E-state index contributed by atoms with van der Waals surface area (Å²) in [7, 11) is 0. The van der Waals surface area contributed by atoms with Crippen LogP contribution in [0.5, 0.6) is 5.75 Å². The number of hydrogen-bond donors (Lipinski definition) is 1. The van der Waals surface area contributed by atoms with Gasteiger partial charge < -0.3 is 10.1 Å². The van der Waals surface area contributed by atoms with Crippen LogP contribution in [-0.4, -0.2) is 19.1 Å². The minimum absolute atomic E-state index is 0.0180. The highest BCUT2D eigenvalue weighted by Crippen LogP contribution is 2.24. The van der Waals surface area contributed by atoms with E-state index in [9.17, 15) is 4.79 Å². The molecule has 1 aromatic rings. The number of halogens is 2. The fourth-order valence-electron chi connectivity index (χ4n) is 0.979. The van der Waals surface area contributed by atoms with Gasteiger partial charge in [0.1, 0.15) is 5.75 Å². The van der Waals surface area contributed by atoms with Crippen LogP contribution in [0, 0.1) is 3.57 Å². The van der Waals surface area contributed by atoms with Crippen molar-refractivity contribution in [2.45, 2.75) is 6.92 Å². The van der Waals surface area contributed by atoms with Crippen molar-refractivity contribution in [1.82, 2.24) is 5.32 Å². The van der Waals surface area contributed by atoms with Crippen LogP contribution in [0.4, 0.5) is 0 Å². The van der Waals surface area contributed by atoms with E-state index in [1.165, 1.54) is 0 Å². The third-order valence-electron chi connectivity index (χ3n) is 1.63. The zero-order valence-electron chi connectivity index (χ0n) is 8.22. The van der Waals surface area contributed by atoms with Gasteiger partial charge in [0, 0.05) is 11.6 Å². The zero-order valence-corrected chi connectivity index (χ0v) is 11.1. The Balaban J connectivity index is 2.57. The molecular formula is C10H11ClINO2. The maximum Gasteiger partial charge on any atom is 0.257 e. The number of amides is 1. The van der Waals surface area contributed by atoms with E-state index in [-0.39, 0.29) is 12.5 Å². The Morgan fingerprint density at radius 1 is 1.60 bits per heavy atom. The van der Waals surface area contributed by atoms with Crippen molar-refractivity contribution in [3.8, 4) is 5.75 Å². The Morgan fingerprint density at radius 3 is 3.00 bits per heavy atom. The molecule has 15 heavy (non-hydrogen) atoms. The number of nitrogens with one attached hydrogen (secondary N) is 1. The SMILES string of the molecule is CCNC(=O)COc1cc(Cl)ccc1I. The summed E-state index contributed by atoms with van der Waals surface area (Å²) in [6, 6.07) is 5.32. The van der Waals surface area contributed by atoms with Gasteiger partial charge in [0.2, 0.25) is 0 Å². The third kappa shape index (κ3) is 4.25. The van der Waals surface area contributed by atoms with Gasteiger partial charge in [-0.25, -0.2) is 0 Å². The molecule has 0 fully saturated rings.